The van der Waals surface area contributed by atoms with Crippen LogP contribution in [0.5, 0.6) is 0 Å². The van der Waals surface area contributed by atoms with Crippen molar-refractivity contribution in [1.29, 1.82) is 0 Å². The first-order chi connectivity index (χ1) is 11.3. The van der Waals surface area contributed by atoms with Crippen molar-refractivity contribution in [2.45, 2.75) is 37.5 Å². The summed E-state index contributed by atoms with van der Waals surface area (Å²) in [7, 11) is 0. The lowest BCUT2D eigenvalue weighted by Crippen LogP contribution is -2.50. The number of hydrogen-bond donors (Lipinski definition) is 2. The highest BCUT2D eigenvalue weighted by atomic mass is 35.5. The van der Waals surface area contributed by atoms with Gasteiger partial charge in [-0.1, -0.05) is 12.1 Å². The van der Waals surface area contributed by atoms with Gasteiger partial charge in [-0.25, -0.2) is 0 Å². The van der Waals surface area contributed by atoms with Crippen molar-refractivity contribution in [2.75, 3.05) is 0 Å². The number of halogens is 4. The van der Waals surface area contributed by atoms with Crippen LogP contribution in [0.1, 0.15) is 46.5 Å². The molecule has 1 fully saturated rings. The fourth-order valence-corrected chi connectivity index (χ4v) is 2.91. The first-order valence-electron chi connectivity index (χ1n) is 7.62. The third kappa shape index (κ3) is 3.82. The average Bonchev–Trinajstić information content (AvgIpc) is 2.99. The van der Waals surface area contributed by atoms with Crippen LogP contribution in [0.4, 0.5) is 13.2 Å². The summed E-state index contributed by atoms with van der Waals surface area (Å²) in [5.74, 6) is 0.0949. The second kappa shape index (κ2) is 7.09. The molecule has 0 radical (unpaired) electrons. The molecule has 3 rings (SSSR count). The summed E-state index contributed by atoms with van der Waals surface area (Å²) in [4.78, 5) is 12.4. The van der Waals surface area contributed by atoms with Gasteiger partial charge >= 0.3 is 6.18 Å². The van der Waals surface area contributed by atoms with Crippen LogP contribution in [0.3, 0.4) is 0 Å². The van der Waals surface area contributed by atoms with Crippen molar-refractivity contribution in [1.82, 2.24) is 5.32 Å². The molecule has 3 N–H and O–H groups in total. The third-order valence-electron chi connectivity index (χ3n) is 4.42. The van der Waals surface area contributed by atoms with Crippen molar-refractivity contribution < 1.29 is 22.4 Å². The lowest BCUT2D eigenvalue weighted by Gasteiger charge is -2.43. The van der Waals surface area contributed by atoms with Crippen molar-refractivity contribution >= 4 is 18.3 Å². The van der Waals surface area contributed by atoms with Gasteiger partial charge in [0.2, 0.25) is 0 Å². The third-order valence-corrected chi connectivity index (χ3v) is 4.42. The van der Waals surface area contributed by atoms with Gasteiger partial charge in [-0.15, -0.1) is 12.4 Å². The van der Waals surface area contributed by atoms with Crippen LogP contribution < -0.4 is 11.1 Å². The predicted molar refractivity (Wildman–Crippen MR) is 88.3 cm³/mol. The number of nitrogens with two attached hydrogens (primary N) is 1. The zero-order valence-corrected chi connectivity index (χ0v) is 14.0. The topological polar surface area (TPSA) is 68.3 Å². The highest BCUT2D eigenvalue weighted by Gasteiger charge is 2.41. The maximum Gasteiger partial charge on any atom is 0.416 e. The van der Waals surface area contributed by atoms with E-state index in [0.717, 1.165) is 18.6 Å². The molecule has 1 saturated carbocycles. The van der Waals surface area contributed by atoms with E-state index in [9.17, 15) is 18.0 Å². The Morgan fingerprint density at radius 2 is 2.00 bits per heavy atom. The SMILES string of the molecule is Cl.NCc1cc(C(=O)NC2(c3cccc(C(F)(F)F)c3)CCC2)co1. The van der Waals surface area contributed by atoms with Crippen LogP contribution in [0, 0.1) is 0 Å². The maximum absolute atomic E-state index is 12.9. The Kier molecular flexibility index (Phi) is 5.49. The minimum Gasteiger partial charge on any atom is -0.467 e. The Hall–Kier alpha value is -1.99. The summed E-state index contributed by atoms with van der Waals surface area (Å²) in [6.45, 7) is 0.173. The van der Waals surface area contributed by atoms with Gasteiger partial charge in [-0.3, -0.25) is 4.79 Å². The second-order valence-corrected chi connectivity index (χ2v) is 5.97. The number of rotatable bonds is 4. The van der Waals surface area contributed by atoms with E-state index in [2.05, 4.69) is 5.32 Å². The predicted octanol–water partition coefficient (Wildman–Crippen LogP) is 3.99. The number of carbonyl (C=O) groups is 1. The maximum atomic E-state index is 12.9. The molecule has 1 aromatic heterocycles. The molecule has 2 aromatic rings. The summed E-state index contributed by atoms with van der Waals surface area (Å²) in [6.07, 6.45) is -1.07. The molecule has 8 heteroatoms. The monoisotopic (exact) mass is 374 g/mol. The largest absolute Gasteiger partial charge is 0.467 e. The molecule has 136 valence electrons. The van der Waals surface area contributed by atoms with Crippen LogP contribution in [-0.4, -0.2) is 5.91 Å². The van der Waals surface area contributed by atoms with Crippen molar-refractivity contribution in [2.24, 2.45) is 5.73 Å². The zero-order valence-electron chi connectivity index (χ0n) is 13.2. The van der Waals surface area contributed by atoms with E-state index in [1.165, 1.54) is 18.4 Å². The summed E-state index contributed by atoms with van der Waals surface area (Å²) in [5.41, 5.74) is 4.75. The molecule has 1 heterocycles. The van der Waals surface area contributed by atoms with Crippen LogP contribution in [0.2, 0.25) is 0 Å². The van der Waals surface area contributed by atoms with Crippen LogP contribution >= 0.6 is 12.4 Å². The van der Waals surface area contributed by atoms with E-state index >= 15 is 0 Å². The van der Waals surface area contributed by atoms with Gasteiger partial charge in [0.25, 0.3) is 5.91 Å². The van der Waals surface area contributed by atoms with Gasteiger partial charge in [0.1, 0.15) is 12.0 Å². The highest BCUT2D eigenvalue weighted by Crippen LogP contribution is 2.43. The van der Waals surface area contributed by atoms with Gasteiger partial charge in [0, 0.05) is 0 Å². The molecule has 0 aliphatic heterocycles. The van der Waals surface area contributed by atoms with Crippen LogP contribution in [0.15, 0.2) is 41.0 Å². The van der Waals surface area contributed by atoms with Gasteiger partial charge < -0.3 is 15.5 Å². The summed E-state index contributed by atoms with van der Waals surface area (Å²) >= 11 is 0. The van der Waals surface area contributed by atoms with E-state index in [1.807, 2.05) is 0 Å². The second-order valence-electron chi connectivity index (χ2n) is 5.97. The number of nitrogens with one attached hydrogen (secondary N) is 1. The minimum absolute atomic E-state index is 0. The van der Waals surface area contributed by atoms with Gasteiger partial charge in [0.15, 0.2) is 0 Å². The van der Waals surface area contributed by atoms with Crippen LogP contribution in [-0.2, 0) is 18.3 Å². The lowest BCUT2D eigenvalue weighted by molar-refractivity contribution is -0.137. The highest BCUT2D eigenvalue weighted by molar-refractivity contribution is 5.94. The molecule has 4 nitrogen and oxygen atoms in total. The fraction of sp³-hybridized carbons (Fsp3) is 0.353. The Morgan fingerprint density at radius 1 is 1.28 bits per heavy atom. The summed E-state index contributed by atoms with van der Waals surface area (Å²) in [6, 6.07) is 6.67. The first kappa shape index (κ1) is 19.3. The molecule has 1 amide bonds. The molecule has 0 saturated heterocycles. The van der Waals surface area contributed by atoms with Crippen molar-refractivity contribution in [3.63, 3.8) is 0 Å². The van der Waals surface area contributed by atoms with E-state index < -0.39 is 17.3 Å². The van der Waals surface area contributed by atoms with E-state index in [0.29, 0.717) is 29.7 Å². The minimum atomic E-state index is -4.41. The fourth-order valence-electron chi connectivity index (χ4n) is 2.91. The van der Waals surface area contributed by atoms with Gasteiger partial charge in [-0.05, 0) is 43.0 Å². The van der Waals surface area contributed by atoms with Crippen molar-refractivity contribution in [3.8, 4) is 0 Å². The molecule has 1 aliphatic carbocycles. The Morgan fingerprint density at radius 3 is 2.52 bits per heavy atom. The van der Waals surface area contributed by atoms with E-state index in [4.69, 9.17) is 10.2 Å². The molecule has 1 aromatic carbocycles. The smallest absolute Gasteiger partial charge is 0.416 e. The summed E-state index contributed by atoms with van der Waals surface area (Å²) < 4.78 is 43.9. The number of carbonyl (C=O) groups excluding carboxylic acids is 1. The quantitative estimate of drug-likeness (QED) is 0.850. The number of furan rings is 1. The van der Waals surface area contributed by atoms with Gasteiger partial charge in [-0.2, -0.15) is 13.2 Å². The molecule has 0 unspecified atom stereocenters. The number of benzene rings is 1. The average molecular weight is 375 g/mol. The number of amides is 1. The molecule has 0 bridgehead atoms. The molecule has 1 aliphatic rings. The molecular formula is C17H18ClF3N2O2. The molecule has 0 spiro atoms. The van der Waals surface area contributed by atoms with Crippen LogP contribution in [0.25, 0.3) is 0 Å². The Bertz CT molecular complexity index is 754. The lowest BCUT2D eigenvalue weighted by atomic mass is 9.71. The molecular weight excluding hydrogens is 357 g/mol. The normalized spacial score (nSPS) is 15.8. The zero-order chi connectivity index (χ0) is 17.4. The molecule has 0 atom stereocenters. The first-order valence-corrected chi connectivity index (χ1v) is 7.62. The summed E-state index contributed by atoms with van der Waals surface area (Å²) in [5, 5.41) is 2.87. The Balaban J connectivity index is 0.00000225. The van der Waals surface area contributed by atoms with E-state index in [1.54, 1.807) is 6.07 Å². The number of hydrogen-bond acceptors (Lipinski definition) is 3. The van der Waals surface area contributed by atoms with E-state index in [-0.39, 0.29) is 24.9 Å². The molecule has 25 heavy (non-hydrogen) atoms. The standard InChI is InChI=1S/C17H17F3N2O2.ClH/c18-17(19,20)13-4-1-3-12(8-13)16(5-2-6-16)22-15(23)11-7-14(9-21)24-10-11;/h1,3-4,7-8,10H,2,5-6,9,21H2,(H,22,23);1H. The number of alkyl halides is 3. The van der Waals surface area contributed by atoms with Crippen molar-refractivity contribution in [3.05, 3.63) is 59.0 Å². The van der Waals surface area contributed by atoms with Gasteiger partial charge in [0.05, 0.1) is 23.2 Å². The Labute approximate surface area is 149 Å².